The van der Waals surface area contributed by atoms with Crippen LogP contribution in [0.25, 0.3) is 6.08 Å². The van der Waals surface area contributed by atoms with Crippen molar-refractivity contribution < 1.29 is 19.1 Å². The molecular weight excluding hydrogens is 394 g/mol. The first-order valence-electron chi connectivity index (χ1n) is 7.47. The van der Waals surface area contributed by atoms with E-state index in [2.05, 4.69) is 22.5 Å². The van der Waals surface area contributed by atoms with Gasteiger partial charge in [-0.3, -0.25) is 14.5 Å². The van der Waals surface area contributed by atoms with Crippen LogP contribution in [0.5, 0.6) is 11.5 Å². The van der Waals surface area contributed by atoms with E-state index < -0.39 is 0 Å². The van der Waals surface area contributed by atoms with Crippen molar-refractivity contribution in [3.05, 3.63) is 39.7 Å². The van der Waals surface area contributed by atoms with Crippen LogP contribution in [0.1, 0.15) is 19.4 Å². The molecule has 0 aliphatic carbocycles. The number of hydrogen-bond acceptors (Lipinski definition) is 5. The summed E-state index contributed by atoms with van der Waals surface area (Å²) >= 11 is 4.37. The molecule has 0 N–H and O–H groups in total. The fraction of sp³-hybridized carbons (Fsp3) is 0.294. The second kappa shape index (κ2) is 8.39. The number of ether oxygens (including phenoxy) is 2. The van der Waals surface area contributed by atoms with Crippen molar-refractivity contribution >= 4 is 44.9 Å². The number of imide groups is 1. The molecule has 1 aliphatic heterocycles. The van der Waals surface area contributed by atoms with Crippen molar-refractivity contribution in [3.63, 3.8) is 0 Å². The highest BCUT2D eigenvalue weighted by Crippen LogP contribution is 2.38. The van der Waals surface area contributed by atoms with Gasteiger partial charge in [-0.15, -0.1) is 6.58 Å². The third kappa shape index (κ3) is 4.02. The zero-order valence-corrected chi connectivity index (χ0v) is 15.9. The van der Waals surface area contributed by atoms with Gasteiger partial charge >= 0.3 is 0 Å². The first kappa shape index (κ1) is 18.6. The Morgan fingerprint density at radius 1 is 1.21 bits per heavy atom. The SMILES string of the molecule is C=CCN1C(=O)S/C(=C/c2cc(Br)c(OCC)cc2OCC)C1=O. The van der Waals surface area contributed by atoms with Gasteiger partial charge in [-0.05, 0) is 53.7 Å². The summed E-state index contributed by atoms with van der Waals surface area (Å²) in [6.45, 7) is 8.55. The first-order valence-corrected chi connectivity index (χ1v) is 9.08. The third-order valence-corrected chi connectivity index (χ3v) is 4.66. The monoisotopic (exact) mass is 411 g/mol. The molecule has 0 spiro atoms. The minimum atomic E-state index is -0.322. The minimum absolute atomic E-state index is 0.202. The fourth-order valence-electron chi connectivity index (χ4n) is 2.14. The van der Waals surface area contributed by atoms with E-state index in [1.54, 1.807) is 12.1 Å². The van der Waals surface area contributed by atoms with E-state index >= 15 is 0 Å². The molecule has 7 heteroatoms. The van der Waals surface area contributed by atoms with E-state index in [1.165, 1.54) is 6.08 Å². The van der Waals surface area contributed by atoms with Gasteiger partial charge in [-0.2, -0.15) is 0 Å². The van der Waals surface area contributed by atoms with Gasteiger partial charge in [0.2, 0.25) is 0 Å². The fourth-order valence-corrected chi connectivity index (χ4v) is 3.45. The van der Waals surface area contributed by atoms with Gasteiger partial charge in [0.15, 0.2) is 0 Å². The standard InChI is InChI=1S/C17H18BrNO4S/c1-4-7-19-16(20)15(24-17(19)21)9-11-8-12(18)14(23-6-3)10-13(11)22-5-2/h4,8-10H,1,5-7H2,2-3H3/b15-9+. The first-order chi connectivity index (χ1) is 11.5. The van der Waals surface area contributed by atoms with Crippen LogP contribution >= 0.6 is 27.7 Å². The van der Waals surface area contributed by atoms with E-state index in [-0.39, 0.29) is 17.7 Å². The predicted octanol–water partition coefficient (Wildman–Crippen LogP) is 4.47. The van der Waals surface area contributed by atoms with Crippen LogP contribution < -0.4 is 9.47 Å². The Labute approximate surface area is 153 Å². The average molecular weight is 412 g/mol. The third-order valence-electron chi connectivity index (χ3n) is 3.14. The molecule has 0 unspecified atom stereocenters. The maximum absolute atomic E-state index is 12.3. The molecule has 128 valence electrons. The van der Waals surface area contributed by atoms with Crippen molar-refractivity contribution in [1.29, 1.82) is 0 Å². The van der Waals surface area contributed by atoms with Gasteiger partial charge in [-0.1, -0.05) is 6.08 Å². The van der Waals surface area contributed by atoms with Crippen molar-refractivity contribution in [2.45, 2.75) is 13.8 Å². The van der Waals surface area contributed by atoms with E-state index in [0.29, 0.717) is 35.2 Å². The molecular formula is C17H18BrNO4S. The molecule has 2 amide bonds. The summed E-state index contributed by atoms with van der Waals surface area (Å²) in [6, 6.07) is 3.59. The Morgan fingerprint density at radius 2 is 1.88 bits per heavy atom. The van der Waals surface area contributed by atoms with Crippen LogP contribution in [-0.4, -0.2) is 35.8 Å². The molecule has 1 aromatic rings. The highest BCUT2D eigenvalue weighted by molar-refractivity contribution is 9.10. The lowest BCUT2D eigenvalue weighted by Crippen LogP contribution is -2.27. The number of thioether (sulfide) groups is 1. The Balaban J connectivity index is 2.41. The molecule has 0 saturated carbocycles. The average Bonchev–Trinajstić information content (AvgIpc) is 2.80. The molecule has 24 heavy (non-hydrogen) atoms. The molecule has 1 aliphatic rings. The van der Waals surface area contributed by atoms with Crippen LogP contribution in [0.4, 0.5) is 4.79 Å². The molecule has 1 saturated heterocycles. The second-order valence-electron chi connectivity index (χ2n) is 4.77. The van der Waals surface area contributed by atoms with Gasteiger partial charge in [0, 0.05) is 18.2 Å². The Kier molecular flexibility index (Phi) is 6.51. The summed E-state index contributed by atoms with van der Waals surface area (Å²) in [6.07, 6.45) is 3.19. The largest absolute Gasteiger partial charge is 0.493 e. The highest BCUT2D eigenvalue weighted by atomic mass is 79.9. The smallest absolute Gasteiger partial charge is 0.293 e. The number of rotatable bonds is 7. The molecule has 1 heterocycles. The number of hydrogen-bond donors (Lipinski definition) is 0. The Bertz CT molecular complexity index is 702. The molecule has 0 radical (unpaired) electrons. The number of amides is 2. The van der Waals surface area contributed by atoms with Gasteiger partial charge < -0.3 is 9.47 Å². The van der Waals surface area contributed by atoms with E-state index in [1.807, 2.05) is 19.9 Å². The summed E-state index contributed by atoms with van der Waals surface area (Å²) in [4.78, 5) is 25.8. The van der Waals surface area contributed by atoms with E-state index in [9.17, 15) is 9.59 Å². The van der Waals surface area contributed by atoms with E-state index in [4.69, 9.17) is 9.47 Å². The molecule has 0 bridgehead atoms. The van der Waals surface area contributed by atoms with Crippen molar-refractivity contribution in [3.8, 4) is 11.5 Å². The van der Waals surface area contributed by atoms with Crippen LogP contribution in [0.15, 0.2) is 34.2 Å². The van der Waals surface area contributed by atoms with Crippen LogP contribution in [0.2, 0.25) is 0 Å². The lowest BCUT2D eigenvalue weighted by molar-refractivity contribution is -0.122. The molecule has 0 atom stereocenters. The second-order valence-corrected chi connectivity index (χ2v) is 6.62. The van der Waals surface area contributed by atoms with Crippen molar-refractivity contribution in [2.24, 2.45) is 0 Å². The van der Waals surface area contributed by atoms with Gasteiger partial charge in [0.1, 0.15) is 11.5 Å². The summed E-state index contributed by atoms with van der Waals surface area (Å²) in [7, 11) is 0. The Hall–Kier alpha value is -1.73. The molecule has 1 aromatic carbocycles. The van der Waals surface area contributed by atoms with Gasteiger partial charge in [0.05, 0.1) is 22.6 Å². The number of benzene rings is 1. The highest BCUT2D eigenvalue weighted by Gasteiger charge is 2.34. The quantitative estimate of drug-likeness (QED) is 0.489. The lowest BCUT2D eigenvalue weighted by Gasteiger charge is -2.13. The number of carbonyl (C=O) groups excluding carboxylic acids is 2. The molecule has 1 fully saturated rings. The normalized spacial score (nSPS) is 16.0. The lowest BCUT2D eigenvalue weighted by atomic mass is 10.1. The summed E-state index contributed by atoms with van der Waals surface area (Å²) in [5.41, 5.74) is 0.705. The maximum Gasteiger partial charge on any atom is 0.293 e. The van der Waals surface area contributed by atoms with Crippen LogP contribution in [0, 0.1) is 0 Å². The molecule has 2 rings (SSSR count). The summed E-state index contributed by atoms with van der Waals surface area (Å²) < 4.78 is 11.9. The number of nitrogens with zero attached hydrogens (tertiary/aromatic N) is 1. The van der Waals surface area contributed by atoms with Gasteiger partial charge in [-0.25, -0.2) is 0 Å². The number of halogens is 1. The predicted molar refractivity (Wildman–Crippen MR) is 99.4 cm³/mol. The zero-order chi connectivity index (χ0) is 17.7. The van der Waals surface area contributed by atoms with Crippen LogP contribution in [0.3, 0.4) is 0 Å². The van der Waals surface area contributed by atoms with Crippen LogP contribution in [-0.2, 0) is 4.79 Å². The maximum atomic E-state index is 12.3. The summed E-state index contributed by atoms with van der Waals surface area (Å²) in [5.74, 6) is 0.940. The zero-order valence-electron chi connectivity index (χ0n) is 13.5. The Morgan fingerprint density at radius 3 is 2.50 bits per heavy atom. The minimum Gasteiger partial charge on any atom is -0.493 e. The molecule has 0 aromatic heterocycles. The van der Waals surface area contributed by atoms with Gasteiger partial charge in [0.25, 0.3) is 11.1 Å². The van der Waals surface area contributed by atoms with Crippen molar-refractivity contribution in [2.75, 3.05) is 19.8 Å². The topological polar surface area (TPSA) is 55.8 Å². The van der Waals surface area contributed by atoms with E-state index in [0.717, 1.165) is 21.1 Å². The summed E-state index contributed by atoms with van der Waals surface area (Å²) in [5, 5.41) is -0.297. The molecule has 5 nitrogen and oxygen atoms in total. The van der Waals surface area contributed by atoms with Crippen molar-refractivity contribution in [1.82, 2.24) is 4.90 Å². The number of carbonyl (C=O) groups is 2.